The van der Waals surface area contributed by atoms with Gasteiger partial charge in [-0.05, 0) is 43.4 Å². The number of benzene rings is 1. The first-order valence-corrected chi connectivity index (χ1v) is 8.15. The van der Waals surface area contributed by atoms with Gasteiger partial charge in [-0.15, -0.1) is 0 Å². The van der Waals surface area contributed by atoms with Crippen LogP contribution in [0.4, 0.5) is 0 Å². The summed E-state index contributed by atoms with van der Waals surface area (Å²) >= 11 is 0. The molecule has 1 N–H and O–H groups in total. The first kappa shape index (κ1) is 16.2. The fourth-order valence-electron chi connectivity index (χ4n) is 2.92. The lowest BCUT2D eigenvalue weighted by atomic mass is 9.88. The molecule has 1 fully saturated rings. The van der Waals surface area contributed by atoms with Crippen molar-refractivity contribution in [2.75, 3.05) is 7.11 Å². The quantitative estimate of drug-likeness (QED) is 0.854. The number of methoxy groups -OCH3 is 1. The second-order valence-corrected chi connectivity index (χ2v) is 6.52. The Bertz CT molecular complexity index is 445. The smallest absolute Gasteiger partial charge is 0.124 e. The summed E-state index contributed by atoms with van der Waals surface area (Å²) in [5.74, 6) is 2.67. The average molecular weight is 291 g/mol. The van der Waals surface area contributed by atoms with E-state index in [1.807, 2.05) is 6.07 Å². The van der Waals surface area contributed by atoms with E-state index in [0.717, 1.165) is 24.0 Å². The van der Waals surface area contributed by atoms with Gasteiger partial charge in [-0.25, -0.2) is 0 Å². The zero-order valence-corrected chi connectivity index (χ0v) is 13.8. The number of hydrogen-bond acceptors (Lipinski definition) is 3. The maximum absolute atomic E-state index is 6.29. The molecule has 0 aliphatic heterocycles. The zero-order chi connectivity index (χ0) is 15.2. The molecule has 0 spiro atoms. The van der Waals surface area contributed by atoms with Crippen LogP contribution in [0, 0.1) is 5.92 Å². The number of ether oxygens (including phenoxy) is 2. The van der Waals surface area contributed by atoms with Gasteiger partial charge in [-0.2, -0.15) is 0 Å². The molecule has 1 saturated carbocycles. The van der Waals surface area contributed by atoms with Crippen molar-refractivity contribution in [2.45, 2.75) is 65.1 Å². The van der Waals surface area contributed by atoms with Crippen LogP contribution in [0.1, 0.15) is 52.0 Å². The Balaban J connectivity index is 2.08. The summed E-state index contributed by atoms with van der Waals surface area (Å²) < 4.78 is 11.6. The number of rotatable bonds is 6. The van der Waals surface area contributed by atoms with Crippen LogP contribution in [0.2, 0.25) is 0 Å². The summed E-state index contributed by atoms with van der Waals surface area (Å²) in [6, 6.07) is 6.58. The molecule has 2 rings (SSSR count). The van der Waals surface area contributed by atoms with Gasteiger partial charge in [0.25, 0.3) is 0 Å². The third-order valence-corrected chi connectivity index (χ3v) is 4.15. The minimum atomic E-state index is 0.361. The van der Waals surface area contributed by atoms with Crippen molar-refractivity contribution in [3.8, 4) is 11.5 Å². The van der Waals surface area contributed by atoms with Crippen molar-refractivity contribution in [3.63, 3.8) is 0 Å². The molecule has 1 aliphatic rings. The van der Waals surface area contributed by atoms with E-state index in [0.29, 0.717) is 12.1 Å². The van der Waals surface area contributed by atoms with Gasteiger partial charge in [-0.3, -0.25) is 0 Å². The van der Waals surface area contributed by atoms with Gasteiger partial charge in [0.2, 0.25) is 0 Å². The van der Waals surface area contributed by atoms with E-state index in [1.54, 1.807) is 7.11 Å². The molecule has 2 atom stereocenters. The summed E-state index contributed by atoms with van der Waals surface area (Å²) in [5, 5.41) is 3.46. The van der Waals surface area contributed by atoms with Crippen LogP contribution in [0.5, 0.6) is 11.5 Å². The lowest BCUT2D eigenvalue weighted by Gasteiger charge is -2.28. The van der Waals surface area contributed by atoms with Gasteiger partial charge in [0.05, 0.1) is 13.2 Å². The Labute approximate surface area is 129 Å². The Morgan fingerprint density at radius 1 is 1.29 bits per heavy atom. The van der Waals surface area contributed by atoms with Crippen LogP contribution in [0.25, 0.3) is 0 Å². The van der Waals surface area contributed by atoms with E-state index < -0.39 is 0 Å². The minimum absolute atomic E-state index is 0.361. The zero-order valence-electron chi connectivity index (χ0n) is 13.8. The van der Waals surface area contributed by atoms with Gasteiger partial charge < -0.3 is 14.8 Å². The second-order valence-electron chi connectivity index (χ2n) is 6.52. The molecular weight excluding hydrogens is 262 g/mol. The molecule has 1 aromatic carbocycles. The molecule has 1 aromatic rings. The normalized spacial score (nSPS) is 22.3. The predicted molar refractivity (Wildman–Crippen MR) is 87.0 cm³/mol. The van der Waals surface area contributed by atoms with E-state index in [4.69, 9.17) is 9.47 Å². The largest absolute Gasteiger partial charge is 0.497 e. The fourth-order valence-corrected chi connectivity index (χ4v) is 2.92. The van der Waals surface area contributed by atoms with Crippen molar-refractivity contribution in [3.05, 3.63) is 23.8 Å². The average Bonchev–Trinajstić information content (AvgIpc) is 2.46. The first-order valence-electron chi connectivity index (χ1n) is 8.15. The monoisotopic (exact) mass is 291 g/mol. The lowest BCUT2D eigenvalue weighted by Crippen LogP contribution is -2.26. The standard InChI is InChI=1S/C18H29NO2/c1-13(2)19-12-15-11-16(20-4)8-9-18(15)21-17-7-5-6-14(3)10-17/h8-9,11,13-14,17,19H,5-7,10,12H2,1-4H3. The van der Waals surface area contributed by atoms with Crippen molar-refractivity contribution < 1.29 is 9.47 Å². The van der Waals surface area contributed by atoms with Crippen molar-refractivity contribution in [2.24, 2.45) is 5.92 Å². The van der Waals surface area contributed by atoms with Crippen molar-refractivity contribution in [1.29, 1.82) is 0 Å². The molecule has 118 valence electrons. The topological polar surface area (TPSA) is 30.5 Å². The summed E-state index contributed by atoms with van der Waals surface area (Å²) in [5.41, 5.74) is 1.18. The Morgan fingerprint density at radius 2 is 2.10 bits per heavy atom. The highest BCUT2D eigenvalue weighted by atomic mass is 16.5. The van der Waals surface area contributed by atoms with Crippen LogP contribution >= 0.6 is 0 Å². The summed E-state index contributed by atoms with van der Waals surface area (Å²) in [7, 11) is 1.71. The maximum Gasteiger partial charge on any atom is 0.124 e. The molecule has 0 bridgehead atoms. The van der Waals surface area contributed by atoms with Crippen LogP contribution < -0.4 is 14.8 Å². The van der Waals surface area contributed by atoms with Crippen LogP contribution in [-0.4, -0.2) is 19.3 Å². The molecule has 3 nitrogen and oxygen atoms in total. The highest BCUT2D eigenvalue weighted by Gasteiger charge is 2.21. The molecule has 2 unspecified atom stereocenters. The van der Waals surface area contributed by atoms with Gasteiger partial charge >= 0.3 is 0 Å². The molecule has 0 heterocycles. The van der Waals surface area contributed by atoms with Crippen LogP contribution in [-0.2, 0) is 6.54 Å². The first-order chi connectivity index (χ1) is 10.1. The van der Waals surface area contributed by atoms with Gasteiger partial charge in [0, 0.05) is 18.2 Å². The fraction of sp³-hybridized carbons (Fsp3) is 0.667. The van der Waals surface area contributed by atoms with E-state index in [9.17, 15) is 0 Å². The highest BCUT2D eigenvalue weighted by Crippen LogP contribution is 2.30. The van der Waals surface area contributed by atoms with Gasteiger partial charge in [0.1, 0.15) is 11.5 Å². The summed E-state index contributed by atoms with van der Waals surface area (Å²) in [4.78, 5) is 0. The molecule has 0 aromatic heterocycles. The lowest BCUT2D eigenvalue weighted by molar-refractivity contribution is 0.127. The van der Waals surface area contributed by atoms with Crippen LogP contribution in [0.3, 0.4) is 0 Å². The number of nitrogens with one attached hydrogen (secondary N) is 1. The SMILES string of the molecule is COc1ccc(OC2CCCC(C)C2)c(CNC(C)C)c1. The van der Waals surface area contributed by atoms with Crippen LogP contribution in [0.15, 0.2) is 18.2 Å². The molecule has 0 saturated heterocycles. The molecule has 1 aliphatic carbocycles. The van der Waals surface area contributed by atoms with E-state index >= 15 is 0 Å². The summed E-state index contributed by atoms with van der Waals surface area (Å²) in [6.45, 7) is 7.45. The molecular formula is C18H29NO2. The van der Waals surface area contributed by atoms with E-state index in [1.165, 1.54) is 31.2 Å². The van der Waals surface area contributed by atoms with E-state index in [2.05, 4.69) is 38.2 Å². The van der Waals surface area contributed by atoms with E-state index in [-0.39, 0.29) is 0 Å². The minimum Gasteiger partial charge on any atom is -0.497 e. The Morgan fingerprint density at radius 3 is 2.76 bits per heavy atom. The predicted octanol–water partition coefficient (Wildman–Crippen LogP) is 4.15. The second kappa shape index (κ2) is 7.69. The maximum atomic E-state index is 6.29. The summed E-state index contributed by atoms with van der Waals surface area (Å²) in [6.07, 6.45) is 5.32. The third-order valence-electron chi connectivity index (χ3n) is 4.15. The van der Waals surface area contributed by atoms with Gasteiger partial charge in [-0.1, -0.05) is 27.2 Å². The Hall–Kier alpha value is -1.22. The molecule has 21 heavy (non-hydrogen) atoms. The van der Waals surface area contributed by atoms with Crippen molar-refractivity contribution >= 4 is 0 Å². The van der Waals surface area contributed by atoms with Gasteiger partial charge in [0.15, 0.2) is 0 Å². The molecule has 0 amide bonds. The highest BCUT2D eigenvalue weighted by molar-refractivity contribution is 5.40. The number of hydrogen-bond donors (Lipinski definition) is 1. The van der Waals surface area contributed by atoms with Crippen molar-refractivity contribution in [1.82, 2.24) is 5.32 Å². The molecule has 0 radical (unpaired) electrons. The Kier molecular flexibility index (Phi) is 5.92. The molecule has 3 heteroatoms. The third kappa shape index (κ3) is 4.92.